The molecule has 0 saturated heterocycles. The highest BCUT2D eigenvalue weighted by Crippen LogP contribution is 2.38. The van der Waals surface area contributed by atoms with Gasteiger partial charge >= 0.3 is 0 Å². The summed E-state index contributed by atoms with van der Waals surface area (Å²) in [5.74, 6) is -0.198. The van der Waals surface area contributed by atoms with Gasteiger partial charge < -0.3 is 28.8 Å². The van der Waals surface area contributed by atoms with Crippen LogP contribution in [0.3, 0.4) is 0 Å². The molecule has 3 atom stereocenters. The van der Waals surface area contributed by atoms with Crippen LogP contribution in [0, 0.1) is 0 Å². The van der Waals surface area contributed by atoms with E-state index >= 15 is 0 Å². The first-order valence-corrected chi connectivity index (χ1v) is 34.3. The first-order valence-electron chi connectivity index (χ1n) is 32.9. The Labute approximate surface area is 467 Å². The number of nitrogens with zero attached hydrogens (tertiary/aromatic N) is 1. The Hall–Kier alpha value is -1.28. The number of allylic oxidation sites excluding steroid dienone is 5. The zero-order valence-corrected chi connectivity index (χ0v) is 51.7. The Kier molecular flexibility index (Phi) is 56.4. The van der Waals surface area contributed by atoms with E-state index in [1.54, 1.807) is 6.08 Å². The SMILES string of the molecule is CCCCCCC/C=C\C/C=C\CCCCCCCCCCCC(=O)NC(COP(=O)([O-])OCC[N+](C)(C)C)C(O)/C=C/CCCCCCCCCCCCCCCCCCCCCCCCCCCCCCCC. The van der Waals surface area contributed by atoms with Crippen LogP contribution in [0.5, 0.6) is 0 Å². The van der Waals surface area contributed by atoms with Gasteiger partial charge in [-0.15, -0.1) is 0 Å². The molecule has 2 N–H and O–H groups in total. The lowest BCUT2D eigenvalue weighted by Gasteiger charge is -2.29. The summed E-state index contributed by atoms with van der Waals surface area (Å²) in [4.78, 5) is 25.6. The normalized spacial score (nSPS) is 14.0. The predicted molar refractivity (Wildman–Crippen MR) is 325 cm³/mol. The molecule has 9 heteroatoms. The van der Waals surface area contributed by atoms with E-state index in [-0.39, 0.29) is 19.1 Å². The molecule has 0 saturated carbocycles. The third-order valence-electron chi connectivity index (χ3n) is 15.1. The summed E-state index contributed by atoms with van der Waals surface area (Å²) < 4.78 is 23.4. The monoisotopic (exact) mass is 1080 g/mol. The van der Waals surface area contributed by atoms with Crippen LogP contribution >= 0.6 is 7.82 Å². The minimum absolute atomic E-state index is 0.00128. The van der Waals surface area contributed by atoms with Gasteiger partial charge in [-0.25, -0.2) is 0 Å². The average Bonchev–Trinajstić information content (AvgIpc) is 3.37. The summed E-state index contributed by atoms with van der Waals surface area (Å²) in [5.41, 5.74) is 0. The number of rotatable bonds is 61. The lowest BCUT2D eigenvalue weighted by atomic mass is 10.0. The number of aliphatic hydroxyl groups excluding tert-OH is 1. The summed E-state index contributed by atoms with van der Waals surface area (Å²) >= 11 is 0. The number of likely N-dealkylation sites (N-methyl/N-ethyl adjacent to an activating group) is 1. The number of hydrogen-bond acceptors (Lipinski definition) is 6. The summed E-state index contributed by atoms with van der Waals surface area (Å²) in [6.45, 7) is 4.68. The number of nitrogens with one attached hydrogen (secondary N) is 1. The number of amides is 1. The van der Waals surface area contributed by atoms with Gasteiger partial charge in [0.2, 0.25) is 5.91 Å². The van der Waals surface area contributed by atoms with Gasteiger partial charge in [0.1, 0.15) is 13.2 Å². The third-order valence-corrected chi connectivity index (χ3v) is 16.1. The van der Waals surface area contributed by atoms with E-state index in [0.717, 1.165) is 44.9 Å². The topological polar surface area (TPSA) is 108 Å². The highest BCUT2D eigenvalue weighted by molar-refractivity contribution is 7.45. The lowest BCUT2D eigenvalue weighted by molar-refractivity contribution is -0.870. The van der Waals surface area contributed by atoms with Gasteiger partial charge in [0.15, 0.2) is 0 Å². The number of hydrogen-bond donors (Lipinski definition) is 2. The van der Waals surface area contributed by atoms with Crippen molar-refractivity contribution < 1.29 is 32.9 Å². The fraction of sp³-hybridized carbons (Fsp3) is 0.894. The van der Waals surface area contributed by atoms with Crippen LogP contribution in [0.25, 0.3) is 0 Å². The van der Waals surface area contributed by atoms with Crippen molar-refractivity contribution in [3.05, 3.63) is 36.5 Å². The molecule has 444 valence electrons. The van der Waals surface area contributed by atoms with Crippen LogP contribution in [-0.4, -0.2) is 68.5 Å². The molecule has 0 fully saturated rings. The molecular formula is C66H129N2O6P. The van der Waals surface area contributed by atoms with E-state index in [9.17, 15) is 19.4 Å². The Balaban J connectivity index is 4.08. The maximum Gasteiger partial charge on any atom is 0.268 e. The number of phosphoric ester groups is 1. The van der Waals surface area contributed by atoms with E-state index in [4.69, 9.17) is 9.05 Å². The van der Waals surface area contributed by atoms with Gasteiger partial charge in [0.05, 0.1) is 39.9 Å². The first-order chi connectivity index (χ1) is 36.5. The molecule has 1 amide bonds. The second kappa shape index (κ2) is 57.4. The Bertz CT molecular complexity index is 1320. The van der Waals surface area contributed by atoms with Gasteiger partial charge in [0.25, 0.3) is 7.82 Å². The number of carbonyl (C=O) groups is 1. The number of aliphatic hydroxyl groups is 1. The fourth-order valence-corrected chi connectivity index (χ4v) is 10.7. The fourth-order valence-electron chi connectivity index (χ4n) is 9.95. The molecule has 0 heterocycles. The lowest BCUT2D eigenvalue weighted by Crippen LogP contribution is -2.45. The maximum absolute atomic E-state index is 13.0. The van der Waals surface area contributed by atoms with Crippen molar-refractivity contribution in [2.75, 3.05) is 40.9 Å². The third kappa shape index (κ3) is 60.2. The number of phosphoric acid groups is 1. The van der Waals surface area contributed by atoms with Gasteiger partial charge in [-0.05, 0) is 51.4 Å². The molecule has 0 bridgehead atoms. The molecule has 0 aromatic heterocycles. The molecule has 75 heavy (non-hydrogen) atoms. The predicted octanol–water partition coefficient (Wildman–Crippen LogP) is 19.9. The molecule has 0 aromatic rings. The first kappa shape index (κ1) is 73.7. The molecule has 0 rings (SSSR count). The highest BCUT2D eigenvalue weighted by atomic mass is 31.2. The van der Waals surface area contributed by atoms with Crippen molar-refractivity contribution in [1.29, 1.82) is 0 Å². The van der Waals surface area contributed by atoms with Gasteiger partial charge in [-0.2, -0.15) is 0 Å². The van der Waals surface area contributed by atoms with Crippen molar-refractivity contribution in [3.8, 4) is 0 Å². The Morgan fingerprint density at radius 3 is 1.11 bits per heavy atom. The van der Waals surface area contributed by atoms with Crippen LogP contribution < -0.4 is 10.2 Å². The molecule has 0 spiro atoms. The summed E-state index contributed by atoms with van der Waals surface area (Å²) in [6.07, 6.45) is 75.4. The van der Waals surface area contributed by atoms with Crippen molar-refractivity contribution in [2.24, 2.45) is 0 Å². The summed E-state index contributed by atoms with van der Waals surface area (Å²) in [7, 11) is 1.27. The van der Waals surface area contributed by atoms with E-state index in [0.29, 0.717) is 17.4 Å². The zero-order chi connectivity index (χ0) is 54.9. The number of carbonyl (C=O) groups excluding carboxylic acids is 1. The van der Waals surface area contributed by atoms with Crippen molar-refractivity contribution in [2.45, 2.75) is 341 Å². The minimum Gasteiger partial charge on any atom is -0.756 e. The Morgan fingerprint density at radius 1 is 0.467 bits per heavy atom. The van der Waals surface area contributed by atoms with E-state index in [1.165, 1.54) is 263 Å². The minimum atomic E-state index is -4.60. The van der Waals surface area contributed by atoms with Crippen molar-refractivity contribution >= 4 is 13.7 Å². The number of quaternary nitrogens is 1. The molecule has 0 radical (unpaired) electrons. The standard InChI is InChI=1S/C66H129N2O6P/c1-6-8-10-12-14-16-18-20-22-24-26-28-29-30-31-32-33-34-35-36-37-38-40-41-43-45-47-49-51-53-55-57-59-65(69)64(63-74-75(71,72)73-62-61-68(3,4)5)67-66(70)60-58-56-54-52-50-48-46-44-42-39-27-25-23-21-19-17-15-13-11-9-7-2/h19,21,25,27,57,59,64-65,69H,6-18,20,22-24,26,28-56,58,60-63H2,1-5H3,(H-,67,70,71,72)/b21-19-,27-25-,59-57+. The van der Waals surface area contributed by atoms with E-state index < -0.39 is 20.0 Å². The highest BCUT2D eigenvalue weighted by Gasteiger charge is 2.23. The van der Waals surface area contributed by atoms with Crippen LogP contribution in [0.15, 0.2) is 36.5 Å². The van der Waals surface area contributed by atoms with E-state index in [2.05, 4.69) is 43.5 Å². The van der Waals surface area contributed by atoms with Gasteiger partial charge in [0, 0.05) is 6.42 Å². The average molecular weight is 1080 g/mol. The molecule has 0 aliphatic heterocycles. The molecule has 8 nitrogen and oxygen atoms in total. The van der Waals surface area contributed by atoms with Gasteiger partial charge in [-0.3, -0.25) is 9.36 Å². The van der Waals surface area contributed by atoms with Crippen LogP contribution in [-0.2, 0) is 18.4 Å². The van der Waals surface area contributed by atoms with Crippen molar-refractivity contribution in [1.82, 2.24) is 5.32 Å². The van der Waals surface area contributed by atoms with Crippen LogP contribution in [0.2, 0.25) is 0 Å². The van der Waals surface area contributed by atoms with Crippen LogP contribution in [0.4, 0.5) is 0 Å². The molecule has 3 unspecified atom stereocenters. The maximum atomic E-state index is 13.0. The van der Waals surface area contributed by atoms with E-state index in [1.807, 2.05) is 27.2 Å². The largest absolute Gasteiger partial charge is 0.756 e. The molecular weight excluding hydrogens is 948 g/mol. The second-order valence-electron chi connectivity index (χ2n) is 23.8. The quantitative estimate of drug-likeness (QED) is 0.0272. The summed E-state index contributed by atoms with van der Waals surface area (Å²) in [6, 6.07) is -0.890. The zero-order valence-electron chi connectivity index (χ0n) is 50.8. The van der Waals surface area contributed by atoms with Crippen LogP contribution in [0.1, 0.15) is 328 Å². The summed E-state index contributed by atoms with van der Waals surface area (Å²) in [5, 5.41) is 13.9. The van der Waals surface area contributed by atoms with Crippen molar-refractivity contribution in [3.63, 3.8) is 0 Å². The molecule has 0 aliphatic carbocycles. The molecule has 0 aromatic carbocycles. The smallest absolute Gasteiger partial charge is 0.268 e. The Morgan fingerprint density at radius 2 is 0.773 bits per heavy atom. The number of unbranched alkanes of at least 4 members (excludes halogenated alkanes) is 44. The molecule has 0 aliphatic rings. The van der Waals surface area contributed by atoms with Gasteiger partial charge in [-0.1, -0.05) is 307 Å². The second-order valence-corrected chi connectivity index (χ2v) is 25.2.